The van der Waals surface area contributed by atoms with Gasteiger partial charge in [0, 0.05) is 5.56 Å². The van der Waals surface area contributed by atoms with Gasteiger partial charge in [0.25, 0.3) is 5.91 Å². The summed E-state index contributed by atoms with van der Waals surface area (Å²) in [5.41, 5.74) is 4.73. The zero-order chi connectivity index (χ0) is 26.5. The summed E-state index contributed by atoms with van der Waals surface area (Å²) in [4.78, 5) is 24.1. The topological polar surface area (TPSA) is 97.2 Å². The van der Waals surface area contributed by atoms with E-state index in [0.717, 1.165) is 27.1 Å². The lowest BCUT2D eigenvalue weighted by Gasteiger charge is -2.12. The van der Waals surface area contributed by atoms with Crippen LogP contribution in [0.4, 0.5) is 0 Å². The molecule has 38 heavy (non-hydrogen) atoms. The van der Waals surface area contributed by atoms with Crippen LogP contribution < -0.4 is 14.9 Å². The summed E-state index contributed by atoms with van der Waals surface area (Å²) in [6.07, 6.45) is 1.57. The number of carbonyl (C=O) groups excluding carboxylic acids is 1. The number of hydrogen-bond donors (Lipinski definition) is 2. The molecule has 5 aromatic rings. The minimum atomic E-state index is -0.978. The number of fused-ring (bicyclic) bond motifs is 2. The first-order valence-electron chi connectivity index (χ1n) is 11.9. The Kier molecular flexibility index (Phi) is 6.99. The number of amides is 1. The van der Waals surface area contributed by atoms with Crippen molar-refractivity contribution >= 4 is 39.6 Å². The predicted molar refractivity (Wildman–Crippen MR) is 147 cm³/mol. The van der Waals surface area contributed by atoms with Gasteiger partial charge in [-0.1, -0.05) is 66.7 Å². The number of carboxylic acids is 1. The van der Waals surface area contributed by atoms with E-state index in [1.165, 1.54) is 7.11 Å². The van der Waals surface area contributed by atoms with Crippen LogP contribution in [-0.2, 0) is 6.61 Å². The third kappa shape index (κ3) is 5.17. The number of nitrogens with one attached hydrogen (secondary N) is 1. The lowest BCUT2D eigenvalue weighted by atomic mass is 10.0. The smallest absolute Gasteiger partial charge is 0.335 e. The monoisotopic (exact) mass is 504 g/mol. The van der Waals surface area contributed by atoms with Crippen LogP contribution in [0.3, 0.4) is 0 Å². The Bertz CT molecular complexity index is 1680. The average Bonchev–Trinajstić information content (AvgIpc) is 2.95. The number of ether oxygens (including phenoxy) is 2. The second-order valence-electron chi connectivity index (χ2n) is 8.59. The summed E-state index contributed by atoms with van der Waals surface area (Å²) >= 11 is 0. The van der Waals surface area contributed by atoms with E-state index in [-0.39, 0.29) is 12.2 Å². The van der Waals surface area contributed by atoms with Crippen molar-refractivity contribution in [2.75, 3.05) is 7.11 Å². The Hall–Kier alpha value is -5.17. The molecule has 0 unspecified atom stereocenters. The van der Waals surface area contributed by atoms with Gasteiger partial charge in [0.05, 0.1) is 24.5 Å². The van der Waals surface area contributed by atoms with Gasteiger partial charge in [-0.2, -0.15) is 5.10 Å². The van der Waals surface area contributed by atoms with Crippen molar-refractivity contribution in [1.29, 1.82) is 0 Å². The minimum Gasteiger partial charge on any atom is -0.496 e. The second kappa shape index (κ2) is 10.8. The van der Waals surface area contributed by atoms with Gasteiger partial charge in [-0.3, -0.25) is 4.79 Å². The van der Waals surface area contributed by atoms with Crippen LogP contribution in [0.25, 0.3) is 21.5 Å². The highest BCUT2D eigenvalue weighted by Crippen LogP contribution is 2.28. The first-order chi connectivity index (χ1) is 18.5. The highest BCUT2D eigenvalue weighted by atomic mass is 16.5. The lowest BCUT2D eigenvalue weighted by molar-refractivity contribution is 0.0696. The first kappa shape index (κ1) is 24.5. The summed E-state index contributed by atoms with van der Waals surface area (Å²) in [5.74, 6) is -0.342. The molecule has 0 aliphatic carbocycles. The van der Waals surface area contributed by atoms with Crippen LogP contribution in [0.2, 0.25) is 0 Å². The van der Waals surface area contributed by atoms with E-state index in [0.29, 0.717) is 22.6 Å². The van der Waals surface area contributed by atoms with Crippen molar-refractivity contribution in [3.63, 3.8) is 0 Å². The summed E-state index contributed by atoms with van der Waals surface area (Å²) in [6.45, 7) is 0.236. The van der Waals surface area contributed by atoms with Crippen LogP contribution >= 0.6 is 0 Å². The van der Waals surface area contributed by atoms with Gasteiger partial charge in [-0.25, -0.2) is 10.2 Å². The molecule has 0 aromatic heterocycles. The Morgan fingerprint density at radius 2 is 1.53 bits per heavy atom. The van der Waals surface area contributed by atoms with Gasteiger partial charge in [-0.15, -0.1) is 0 Å². The van der Waals surface area contributed by atoms with E-state index in [2.05, 4.69) is 10.5 Å². The number of hydrogen-bond acceptors (Lipinski definition) is 5. The van der Waals surface area contributed by atoms with Crippen molar-refractivity contribution in [2.45, 2.75) is 6.61 Å². The maximum atomic E-state index is 13.0. The summed E-state index contributed by atoms with van der Waals surface area (Å²) in [5, 5.41) is 17.1. The van der Waals surface area contributed by atoms with Gasteiger partial charge in [0.15, 0.2) is 0 Å². The Labute approximate surface area is 218 Å². The number of methoxy groups -OCH3 is 1. The van der Waals surface area contributed by atoms with Crippen molar-refractivity contribution in [2.24, 2.45) is 5.10 Å². The van der Waals surface area contributed by atoms with Gasteiger partial charge in [0.2, 0.25) is 0 Å². The zero-order valence-corrected chi connectivity index (χ0v) is 20.5. The van der Waals surface area contributed by atoms with Crippen LogP contribution in [0.5, 0.6) is 11.5 Å². The molecule has 0 radical (unpaired) electrons. The first-order valence-corrected chi connectivity index (χ1v) is 11.9. The number of benzene rings is 5. The largest absolute Gasteiger partial charge is 0.496 e. The van der Waals surface area contributed by atoms with Gasteiger partial charge in [-0.05, 0) is 57.4 Å². The van der Waals surface area contributed by atoms with Crippen molar-refractivity contribution in [1.82, 2.24) is 5.43 Å². The molecule has 0 aliphatic rings. The maximum absolute atomic E-state index is 13.0. The summed E-state index contributed by atoms with van der Waals surface area (Å²) < 4.78 is 11.5. The van der Waals surface area contributed by atoms with Gasteiger partial charge < -0.3 is 14.6 Å². The molecule has 7 heteroatoms. The standard InChI is InChI=1S/C31H24N2O5/c1-37-29-17-24-8-3-2-7-23(24)16-26(29)30(34)33-32-18-27-25-9-5-4-6-21(25)14-15-28(27)38-19-20-10-12-22(13-11-20)31(35)36/h2-18H,19H2,1H3,(H,33,34)(H,35,36)/b32-18-. The molecule has 0 bridgehead atoms. The lowest BCUT2D eigenvalue weighted by Crippen LogP contribution is -2.18. The maximum Gasteiger partial charge on any atom is 0.335 e. The molecule has 5 rings (SSSR count). The van der Waals surface area contributed by atoms with E-state index >= 15 is 0 Å². The van der Waals surface area contributed by atoms with Crippen LogP contribution in [0.1, 0.15) is 31.8 Å². The van der Waals surface area contributed by atoms with Crippen LogP contribution in [-0.4, -0.2) is 30.3 Å². The minimum absolute atomic E-state index is 0.214. The number of hydrazone groups is 1. The highest BCUT2D eigenvalue weighted by molar-refractivity contribution is 6.04. The molecule has 1 amide bonds. The van der Waals surface area contributed by atoms with Crippen molar-refractivity contribution in [3.8, 4) is 11.5 Å². The van der Waals surface area contributed by atoms with E-state index in [4.69, 9.17) is 14.6 Å². The number of carboxylic acid groups (broad SMARTS) is 1. The number of aromatic carboxylic acids is 1. The molecule has 0 saturated heterocycles. The molecule has 0 fully saturated rings. The Morgan fingerprint density at radius 1 is 0.842 bits per heavy atom. The van der Waals surface area contributed by atoms with Crippen LogP contribution in [0, 0.1) is 0 Å². The van der Waals surface area contributed by atoms with Gasteiger partial charge >= 0.3 is 5.97 Å². The van der Waals surface area contributed by atoms with E-state index in [1.807, 2.05) is 66.7 Å². The van der Waals surface area contributed by atoms with Crippen molar-refractivity contribution in [3.05, 3.63) is 119 Å². The SMILES string of the molecule is COc1cc2ccccc2cc1C(=O)N/N=C\c1c(OCc2ccc(C(=O)O)cc2)ccc2ccccc12. The normalized spacial score (nSPS) is 11.1. The molecule has 0 spiro atoms. The molecule has 2 N–H and O–H groups in total. The molecule has 0 heterocycles. The molecule has 0 aliphatic heterocycles. The zero-order valence-electron chi connectivity index (χ0n) is 20.5. The second-order valence-corrected chi connectivity index (χ2v) is 8.59. The highest BCUT2D eigenvalue weighted by Gasteiger charge is 2.14. The molecule has 188 valence electrons. The van der Waals surface area contributed by atoms with E-state index in [1.54, 1.807) is 36.5 Å². The third-order valence-corrected chi connectivity index (χ3v) is 6.20. The van der Waals surface area contributed by atoms with Crippen LogP contribution in [0.15, 0.2) is 102 Å². The molecule has 7 nitrogen and oxygen atoms in total. The summed E-state index contributed by atoms with van der Waals surface area (Å²) in [6, 6.07) is 29.5. The number of carbonyl (C=O) groups is 2. The average molecular weight is 505 g/mol. The Morgan fingerprint density at radius 3 is 2.24 bits per heavy atom. The molecule has 0 saturated carbocycles. The fraction of sp³-hybridized carbons (Fsp3) is 0.0645. The van der Waals surface area contributed by atoms with Gasteiger partial charge in [0.1, 0.15) is 18.1 Å². The van der Waals surface area contributed by atoms with E-state index < -0.39 is 11.9 Å². The third-order valence-electron chi connectivity index (χ3n) is 6.20. The van der Waals surface area contributed by atoms with Crippen molar-refractivity contribution < 1.29 is 24.2 Å². The fourth-order valence-corrected chi connectivity index (χ4v) is 4.22. The molecule has 0 atom stereocenters. The fourth-order valence-electron chi connectivity index (χ4n) is 4.22. The quantitative estimate of drug-likeness (QED) is 0.198. The molecule has 5 aromatic carbocycles. The molecular weight excluding hydrogens is 480 g/mol. The summed E-state index contributed by atoms with van der Waals surface area (Å²) in [7, 11) is 1.53. The molecular formula is C31H24N2O5. The Balaban J connectivity index is 1.40. The number of rotatable bonds is 8. The van der Waals surface area contributed by atoms with E-state index in [9.17, 15) is 9.59 Å². The predicted octanol–water partition coefficient (Wildman–Crippen LogP) is 6.04. The number of nitrogens with zero attached hydrogens (tertiary/aromatic N) is 1.